The Bertz CT molecular complexity index is 1060. The van der Waals surface area contributed by atoms with E-state index in [0.29, 0.717) is 11.5 Å². The number of fused-ring (bicyclic) bond motifs is 2. The molecule has 0 radical (unpaired) electrons. The molecule has 124 valence electrons. The lowest BCUT2D eigenvalue weighted by molar-refractivity contribution is -0.137. The first kappa shape index (κ1) is 15.4. The van der Waals surface area contributed by atoms with Gasteiger partial charge in [0.2, 0.25) is 0 Å². The number of hydrogen-bond acceptors (Lipinski definition) is 3. The van der Waals surface area contributed by atoms with Crippen molar-refractivity contribution >= 4 is 33.3 Å². The molecule has 0 unspecified atom stereocenters. The lowest BCUT2D eigenvalue weighted by Crippen LogP contribution is -2.04. The summed E-state index contributed by atoms with van der Waals surface area (Å²) in [6.07, 6.45) is -2.78. The quantitative estimate of drug-likeness (QED) is 0.487. The maximum Gasteiger partial charge on any atom is 0.416 e. The molecular weight excluding hydrogens is 327 g/mol. The van der Waals surface area contributed by atoms with Crippen LogP contribution >= 0.6 is 0 Å². The van der Waals surface area contributed by atoms with E-state index in [-0.39, 0.29) is 0 Å². The topological polar surface area (TPSA) is 37.8 Å². The molecule has 0 saturated heterocycles. The Labute approximate surface area is 141 Å². The average molecular weight is 339 g/mol. The fraction of sp³-hybridized carbons (Fsp3) is 0.0526. The number of alkyl halides is 3. The van der Waals surface area contributed by atoms with E-state index in [1.807, 2.05) is 36.4 Å². The van der Waals surface area contributed by atoms with Gasteiger partial charge in [0.25, 0.3) is 0 Å². The van der Waals surface area contributed by atoms with Crippen LogP contribution in [0.3, 0.4) is 0 Å². The second kappa shape index (κ2) is 5.73. The van der Waals surface area contributed by atoms with Crippen molar-refractivity contribution in [1.29, 1.82) is 0 Å². The van der Waals surface area contributed by atoms with Crippen LogP contribution in [0.4, 0.5) is 24.7 Å². The van der Waals surface area contributed by atoms with E-state index in [1.54, 1.807) is 6.20 Å². The molecule has 0 saturated carbocycles. The summed E-state index contributed by atoms with van der Waals surface area (Å²) in [4.78, 5) is 8.88. The van der Waals surface area contributed by atoms with Crippen molar-refractivity contribution in [3.8, 4) is 0 Å². The van der Waals surface area contributed by atoms with E-state index >= 15 is 0 Å². The molecule has 1 aromatic heterocycles. The van der Waals surface area contributed by atoms with Crippen LogP contribution in [-0.4, -0.2) is 9.97 Å². The smallest absolute Gasteiger partial charge is 0.339 e. The van der Waals surface area contributed by atoms with Gasteiger partial charge in [-0.25, -0.2) is 4.98 Å². The number of nitrogens with zero attached hydrogens (tertiary/aromatic N) is 2. The Morgan fingerprint density at radius 2 is 1.44 bits per heavy atom. The average Bonchev–Trinajstić information content (AvgIpc) is 2.59. The Morgan fingerprint density at radius 1 is 0.800 bits per heavy atom. The molecule has 3 aromatic carbocycles. The monoisotopic (exact) mass is 339 g/mol. The molecule has 0 amide bonds. The maximum absolute atomic E-state index is 12.6. The van der Waals surface area contributed by atoms with Gasteiger partial charge in [0, 0.05) is 5.69 Å². The third-order valence-electron chi connectivity index (χ3n) is 3.89. The van der Waals surface area contributed by atoms with E-state index in [0.717, 1.165) is 33.9 Å². The van der Waals surface area contributed by atoms with Crippen LogP contribution in [0.1, 0.15) is 5.56 Å². The minimum Gasteiger partial charge on any atom is -0.339 e. The van der Waals surface area contributed by atoms with Gasteiger partial charge in [-0.05, 0) is 47.2 Å². The van der Waals surface area contributed by atoms with Crippen molar-refractivity contribution in [2.75, 3.05) is 5.32 Å². The first-order chi connectivity index (χ1) is 12.0. The van der Waals surface area contributed by atoms with Gasteiger partial charge in [-0.3, -0.25) is 4.98 Å². The summed E-state index contributed by atoms with van der Waals surface area (Å²) >= 11 is 0. The van der Waals surface area contributed by atoms with Crippen molar-refractivity contribution in [3.63, 3.8) is 0 Å². The highest BCUT2D eigenvalue weighted by molar-refractivity contribution is 5.95. The summed E-state index contributed by atoms with van der Waals surface area (Å²) in [6, 6.07) is 16.6. The van der Waals surface area contributed by atoms with E-state index in [2.05, 4.69) is 15.3 Å². The molecule has 0 aliphatic carbocycles. The third kappa shape index (κ3) is 3.10. The maximum atomic E-state index is 12.6. The summed E-state index contributed by atoms with van der Waals surface area (Å²) in [5, 5.41) is 5.11. The van der Waals surface area contributed by atoms with E-state index < -0.39 is 11.7 Å². The molecule has 0 aliphatic rings. The van der Waals surface area contributed by atoms with Gasteiger partial charge >= 0.3 is 6.18 Å². The highest BCUT2D eigenvalue weighted by Gasteiger charge is 2.29. The Kier molecular flexibility index (Phi) is 3.53. The minimum absolute atomic E-state index is 0.475. The number of hydrogen-bond donors (Lipinski definition) is 1. The molecule has 0 spiro atoms. The van der Waals surface area contributed by atoms with Crippen LogP contribution in [0, 0.1) is 0 Å². The number of halogens is 3. The van der Waals surface area contributed by atoms with Gasteiger partial charge < -0.3 is 5.32 Å². The number of rotatable bonds is 2. The molecule has 0 fully saturated rings. The van der Waals surface area contributed by atoms with Crippen molar-refractivity contribution in [2.45, 2.75) is 6.18 Å². The Hall–Kier alpha value is -3.15. The van der Waals surface area contributed by atoms with Gasteiger partial charge in [-0.2, -0.15) is 13.2 Å². The summed E-state index contributed by atoms with van der Waals surface area (Å²) < 4.78 is 37.8. The second-order valence-electron chi connectivity index (χ2n) is 5.64. The van der Waals surface area contributed by atoms with Crippen LogP contribution in [0.2, 0.25) is 0 Å². The minimum atomic E-state index is -4.34. The van der Waals surface area contributed by atoms with Crippen LogP contribution in [0.25, 0.3) is 21.8 Å². The predicted octanol–water partition coefficient (Wildman–Crippen LogP) is 5.55. The highest BCUT2D eigenvalue weighted by atomic mass is 19.4. The summed E-state index contributed by atoms with van der Waals surface area (Å²) in [5.74, 6) is 0.475. The molecule has 3 nitrogen and oxygen atoms in total. The third-order valence-corrected chi connectivity index (χ3v) is 3.89. The van der Waals surface area contributed by atoms with Crippen molar-refractivity contribution in [2.24, 2.45) is 0 Å². The van der Waals surface area contributed by atoms with E-state index in [4.69, 9.17) is 0 Å². The van der Waals surface area contributed by atoms with E-state index in [9.17, 15) is 13.2 Å². The number of anilines is 2. The van der Waals surface area contributed by atoms with Gasteiger partial charge in [0.1, 0.15) is 5.82 Å². The van der Waals surface area contributed by atoms with Crippen LogP contribution < -0.4 is 5.32 Å². The molecule has 25 heavy (non-hydrogen) atoms. The number of aromatic nitrogens is 2. The first-order valence-electron chi connectivity index (χ1n) is 7.59. The molecule has 1 N–H and O–H groups in total. The molecule has 4 rings (SSSR count). The fourth-order valence-corrected chi connectivity index (χ4v) is 2.65. The zero-order valence-electron chi connectivity index (χ0n) is 12.9. The van der Waals surface area contributed by atoms with Crippen molar-refractivity contribution in [1.82, 2.24) is 9.97 Å². The molecular formula is C19H12F3N3. The van der Waals surface area contributed by atoms with Crippen LogP contribution in [0.15, 0.2) is 66.9 Å². The van der Waals surface area contributed by atoms with E-state index in [1.165, 1.54) is 12.1 Å². The van der Waals surface area contributed by atoms with Crippen molar-refractivity contribution in [3.05, 3.63) is 72.4 Å². The standard InChI is InChI=1S/C19H12F3N3/c20-19(21,22)14-5-7-15(8-6-14)24-18-11-23-16-9-12-3-1-2-4-13(12)10-17(16)25-18/h1-11H,(H,24,25). The number of nitrogens with one attached hydrogen (secondary N) is 1. The molecule has 0 aliphatic heterocycles. The van der Waals surface area contributed by atoms with Gasteiger partial charge in [0.15, 0.2) is 0 Å². The van der Waals surface area contributed by atoms with Crippen molar-refractivity contribution < 1.29 is 13.2 Å². The SMILES string of the molecule is FC(F)(F)c1ccc(Nc2cnc3cc4ccccc4cc3n2)cc1. The number of benzene rings is 3. The zero-order valence-corrected chi connectivity index (χ0v) is 12.9. The molecule has 1 heterocycles. The first-order valence-corrected chi connectivity index (χ1v) is 7.59. The summed E-state index contributed by atoms with van der Waals surface area (Å²) in [5.41, 5.74) is 1.31. The lowest BCUT2D eigenvalue weighted by atomic mass is 10.1. The van der Waals surface area contributed by atoms with Gasteiger partial charge in [0.05, 0.1) is 22.8 Å². The predicted molar refractivity (Wildman–Crippen MR) is 91.8 cm³/mol. The molecule has 6 heteroatoms. The fourth-order valence-electron chi connectivity index (χ4n) is 2.65. The molecule has 0 bridgehead atoms. The Balaban J connectivity index is 1.66. The highest BCUT2D eigenvalue weighted by Crippen LogP contribution is 2.30. The summed E-state index contributed by atoms with van der Waals surface area (Å²) in [7, 11) is 0. The zero-order chi connectivity index (χ0) is 17.4. The lowest BCUT2D eigenvalue weighted by Gasteiger charge is -2.09. The van der Waals surface area contributed by atoms with Gasteiger partial charge in [-0.15, -0.1) is 0 Å². The largest absolute Gasteiger partial charge is 0.416 e. The van der Waals surface area contributed by atoms with Gasteiger partial charge in [-0.1, -0.05) is 24.3 Å². The molecule has 4 aromatic rings. The van der Waals surface area contributed by atoms with Crippen LogP contribution in [0.5, 0.6) is 0 Å². The van der Waals surface area contributed by atoms with Crippen LogP contribution in [-0.2, 0) is 6.18 Å². The normalized spacial score (nSPS) is 11.8. The summed E-state index contributed by atoms with van der Waals surface area (Å²) in [6.45, 7) is 0. The second-order valence-corrected chi connectivity index (χ2v) is 5.64. The molecule has 0 atom stereocenters. The Morgan fingerprint density at radius 3 is 2.08 bits per heavy atom.